The summed E-state index contributed by atoms with van der Waals surface area (Å²) in [6.07, 6.45) is 1.17. The fraction of sp³-hybridized carbons (Fsp3) is 0.559. The third-order valence-electron chi connectivity index (χ3n) is 8.73. The van der Waals surface area contributed by atoms with Crippen molar-refractivity contribution >= 4 is 44.7 Å². The fourth-order valence-corrected chi connectivity index (χ4v) is 7.28. The number of hydrogen-bond donors (Lipinski definition) is 3. The van der Waals surface area contributed by atoms with Gasteiger partial charge in [-0.1, -0.05) is 45.0 Å². The van der Waals surface area contributed by atoms with E-state index < -0.39 is 79.7 Å². The lowest BCUT2D eigenvalue weighted by atomic mass is 9.85. The van der Waals surface area contributed by atoms with Gasteiger partial charge in [-0.2, -0.15) is 0 Å². The number of aromatic nitrogens is 1. The average molecular weight is 684 g/mol. The molecule has 5 atom stereocenters. The number of likely N-dealkylation sites (tertiary alicyclic amines) is 1. The van der Waals surface area contributed by atoms with Gasteiger partial charge in [0.1, 0.15) is 29.3 Å². The number of carbonyl (C=O) groups excluding carboxylic acids is 4. The molecule has 2 aliphatic carbocycles. The summed E-state index contributed by atoms with van der Waals surface area (Å²) in [5, 5.41) is 5.75. The number of rotatable bonds is 10. The second-order valence-electron chi connectivity index (χ2n) is 15.0. The van der Waals surface area contributed by atoms with Gasteiger partial charge in [0.05, 0.1) is 17.3 Å². The summed E-state index contributed by atoms with van der Waals surface area (Å²) in [5.41, 5.74) is -2.43. The van der Waals surface area contributed by atoms with E-state index in [-0.39, 0.29) is 19.4 Å². The van der Waals surface area contributed by atoms with Crippen LogP contribution in [0.3, 0.4) is 0 Å². The monoisotopic (exact) mass is 683 g/mol. The highest BCUT2D eigenvalue weighted by molar-refractivity contribution is 7.91. The molecule has 2 heterocycles. The Labute approximate surface area is 281 Å². The maximum Gasteiger partial charge on any atom is 0.408 e. The molecule has 13 nitrogen and oxygen atoms in total. The van der Waals surface area contributed by atoms with E-state index in [1.165, 1.54) is 11.0 Å². The second kappa shape index (κ2) is 12.7. The summed E-state index contributed by atoms with van der Waals surface area (Å²) in [4.78, 5) is 60.5. The smallest absolute Gasteiger partial charge is 0.408 e. The van der Waals surface area contributed by atoms with Crippen LogP contribution in [-0.4, -0.2) is 83.2 Å². The lowest BCUT2D eigenvalue weighted by Crippen LogP contribution is -2.60. The number of fused-ring (bicyclic) bond motifs is 1. The molecule has 0 unspecified atom stereocenters. The van der Waals surface area contributed by atoms with Crippen molar-refractivity contribution < 1.29 is 37.1 Å². The molecule has 1 aliphatic heterocycles. The Kier molecular flexibility index (Phi) is 9.28. The largest absolute Gasteiger partial charge is 0.472 e. The molecule has 1 aromatic heterocycles. The topological polar surface area (TPSA) is 173 Å². The van der Waals surface area contributed by atoms with Gasteiger partial charge in [0.15, 0.2) is 0 Å². The Hall–Kier alpha value is -4.20. The van der Waals surface area contributed by atoms with Crippen molar-refractivity contribution in [3.8, 4) is 5.88 Å². The first kappa shape index (κ1) is 35.1. The third-order valence-corrected chi connectivity index (χ3v) is 10.6. The second-order valence-corrected chi connectivity index (χ2v) is 16.9. The molecule has 1 aromatic carbocycles. The molecule has 2 saturated carbocycles. The van der Waals surface area contributed by atoms with E-state index in [4.69, 9.17) is 9.47 Å². The maximum absolute atomic E-state index is 14.3. The predicted octanol–water partition coefficient (Wildman–Crippen LogP) is 3.19. The number of nitrogens with one attached hydrogen (secondary N) is 3. The Morgan fingerprint density at radius 2 is 1.75 bits per heavy atom. The first-order chi connectivity index (χ1) is 22.3. The van der Waals surface area contributed by atoms with Gasteiger partial charge in [-0.3, -0.25) is 19.1 Å². The van der Waals surface area contributed by atoms with Crippen LogP contribution in [0.2, 0.25) is 0 Å². The molecule has 2 aromatic rings. The SMILES string of the molecule is C=C[C@@H]1C[C@]1(NC(=O)[C@@H]1C[C@@H](Oc2ccc3ccccc3n2)CN1C(=O)[C@@H](NC(=O)OC(C)(C)C)C(C)(C)C)C(=O)NS(=O)(=O)C1CC1. The zero-order valence-corrected chi connectivity index (χ0v) is 29.1. The predicted molar refractivity (Wildman–Crippen MR) is 178 cm³/mol. The number of para-hydroxylation sites is 1. The average Bonchev–Trinajstić information content (AvgIpc) is 3.91. The van der Waals surface area contributed by atoms with Crippen molar-refractivity contribution in [1.29, 1.82) is 0 Å². The standard InChI is InChI=1S/C34H45N5O8S/c1-8-21-18-34(21,30(42)38-48(44,45)23-14-15-23)37-28(40)25-17-22(46-26-16-13-20-11-9-10-12-24(20)35-26)19-39(25)29(41)27(32(2,3)4)36-31(43)47-33(5,6)7/h8-13,16,21-23,25,27H,1,14-15,17-19H2,2-7H3,(H,36,43)(H,37,40)(H,38,42)/t21-,22-,25+,27-,34-/m1/s1. The summed E-state index contributed by atoms with van der Waals surface area (Å²) < 4.78 is 39.0. The number of sulfonamides is 1. The van der Waals surface area contributed by atoms with E-state index in [0.29, 0.717) is 24.2 Å². The molecule has 260 valence electrons. The zero-order valence-electron chi connectivity index (χ0n) is 28.2. The maximum atomic E-state index is 14.3. The number of ether oxygens (including phenoxy) is 2. The van der Waals surface area contributed by atoms with Crippen LogP contribution in [0.25, 0.3) is 10.9 Å². The van der Waals surface area contributed by atoms with Crippen LogP contribution in [0.5, 0.6) is 5.88 Å². The Bertz CT molecular complexity index is 1730. The quantitative estimate of drug-likeness (QED) is 0.318. The van der Waals surface area contributed by atoms with E-state index in [0.717, 1.165) is 5.39 Å². The van der Waals surface area contributed by atoms with Gasteiger partial charge in [-0.15, -0.1) is 6.58 Å². The molecule has 3 fully saturated rings. The lowest BCUT2D eigenvalue weighted by Gasteiger charge is -2.36. The molecule has 48 heavy (non-hydrogen) atoms. The normalized spacial score (nSPS) is 24.7. The molecule has 1 saturated heterocycles. The summed E-state index contributed by atoms with van der Waals surface area (Å²) in [5.74, 6) is -2.24. The van der Waals surface area contributed by atoms with Crippen LogP contribution in [0, 0.1) is 11.3 Å². The third kappa shape index (κ3) is 7.74. The van der Waals surface area contributed by atoms with E-state index in [2.05, 4.69) is 26.9 Å². The first-order valence-corrected chi connectivity index (χ1v) is 17.7. The van der Waals surface area contributed by atoms with Crippen LogP contribution in [-0.2, 0) is 29.1 Å². The molecule has 14 heteroatoms. The molecular weight excluding hydrogens is 638 g/mol. The molecule has 5 rings (SSSR count). The number of carbonyl (C=O) groups is 4. The molecule has 3 N–H and O–H groups in total. The molecule has 4 amide bonds. The van der Waals surface area contributed by atoms with Crippen molar-refractivity contribution in [3.63, 3.8) is 0 Å². The number of hydrogen-bond acceptors (Lipinski definition) is 9. The molecule has 0 spiro atoms. The van der Waals surface area contributed by atoms with Gasteiger partial charge in [-0.25, -0.2) is 18.2 Å². The number of pyridine rings is 1. The Morgan fingerprint density at radius 3 is 2.35 bits per heavy atom. The van der Waals surface area contributed by atoms with Crippen molar-refractivity contribution in [3.05, 3.63) is 49.1 Å². The van der Waals surface area contributed by atoms with E-state index in [1.807, 2.05) is 30.3 Å². The van der Waals surface area contributed by atoms with Gasteiger partial charge >= 0.3 is 6.09 Å². The van der Waals surface area contributed by atoms with Gasteiger partial charge in [-0.05, 0) is 57.6 Å². The Balaban J connectivity index is 1.42. The molecule has 0 radical (unpaired) electrons. The molecule has 3 aliphatic rings. The van der Waals surface area contributed by atoms with E-state index in [9.17, 15) is 27.6 Å². The highest BCUT2D eigenvalue weighted by Crippen LogP contribution is 2.45. The Morgan fingerprint density at radius 1 is 1.06 bits per heavy atom. The summed E-state index contributed by atoms with van der Waals surface area (Å²) in [6.45, 7) is 14.2. The van der Waals surface area contributed by atoms with Gasteiger partial charge in [0, 0.05) is 23.8 Å². The van der Waals surface area contributed by atoms with E-state index in [1.54, 1.807) is 47.6 Å². The summed E-state index contributed by atoms with van der Waals surface area (Å²) in [6, 6.07) is 8.88. The summed E-state index contributed by atoms with van der Waals surface area (Å²) >= 11 is 0. The van der Waals surface area contributed by atoms with Crippen LogP contribution >= 0.6 is 0 Å². The van der Waals surface area contributed by atoms with Crippen LogP contribution in [0.15, 0.2) is 49.1 Å². The van der Waals surface area contributed by atoms with Crippen molar-refractivity contribution in [2.24, 2.45) is 11.3 Å². The summed E-state index contributed by atoms with van der Waals surface area (Å²) in [7, 11) is -3.88. The van der Waals surface area contributed by atoms with Crippen LogP contribution in [0.1, 0.15) is 67.2 Å². The minimum atomic E-state index is -3.88. The molecule has 0 bridgehead atoms. The number of alkyl carbamates (subject to hydrolysis) is 1. The van der Waals surface area contributed by atoms with Crippen molar-refractivity contribution in [2.45, 2.75) is 102 Å². The number of amides is 4. The minimum Gasteiger partial charge on any atom is -0.472 e. The minimum absolute atomic E-state index is 0.0197. The van der Waals surface area contributed by atoms with Gasteiger partial charge < -0.3 is 25.0 Å². The van der Waals surface area contributed by atoms with Crippen LogP contribution < -0.4 is 20.1 Å². The fourth-order valence-electron chi connectivity index (χ4n) is 5.92. The zero-order chi connectivity index (χ0) is 35.2. The van der Waals surface area contributed by atoms with Crippen molar-refractivity contribution in [1.82, 2.24) is 25.2 Å². The number of benzene rings is 1. The van der Waals surface area contributed by atoms with Crippen molar-refractivity contribution in [2.75, 3.05) is 6.54 Å². The first-order valence-electron chi connectivity index (χ1n) is 16.2. The van der Waals surface area contributed by atoms with Gasteiger partial charge in [0.2, 0.25) is 27.7 Å². The molecular formula is C34H45N5O8S. The lowest BCUT2D eigenvalue weighted by molar-refractivity contribution is -0.143. The van der Waals surface area contributed by atoms with E-state index >= 15 is 0 Å². The highest BCUT2D eigenvalue weighted by atomic mass is 32.2. The number of nitrogens with zero attached hydrogens (tertiary/aromatic N) is 2. The van der Waals surface area contributed by atoms with Crippen LogP contribution in [0.4, 0.5) is 4.79 Å². The highest BCUT2D eigenvalue weighted by Gasteiger charge is 2.62. The van der Waals surface area contributed by atoms with Gasteiger partial charge in [0.25, 0.3) is 5.91 Å².